The number of rotatable bonds is 7. The first-order valence-corrected chi connectivity index (χ1v) is 14.9. The van der Waals surface area contributed by atoms with Crippen LogP contribution >= 0.6 is 23.4 Å². The number of carboxylic acid groups (broad SMARTS) is 1. The highest BCUT2D eigenvalue weighted by atomic mass is 35.5. The van der Waals surface area contributed by atoms with Crippen LogP contribution in [0.1, 0.15) is 35.8 Å². The van der Waals surface area contributed by atoms with Gasteiger partial charge in [-0.1, -0.05) is 60.1 Å². The topological polar surface area (TPSA) is 146 Å². The smallest absolute Gasteiger partial charge is 0.349 e. The second-order valence-corrected chi connectivity index (χ2v) is 13.3. The van der Waals surface area contributed by atoms with Crippen molar-refractivity contribution in [1.29, 1.82) is 0 Å². The van der Waals surface area contributed by atoms with E-state index >= 15 is 0 Å². The van der Waals surface area contributed by atoms with E-state index in [1.165, 1.54) is 22.7 Å². The number of carbonyl (C=O) groups excluding carboxylic acids is 3. The summed E-state index contributed by atoms with van der Waals surface area (Å²) in [5.41, 5.74) is 1.20. The summed E-state index contributed by atoms with van der Waals surface area (Å²) in [5, 5.41) is 15.5. The van der Waals surface area contributed by atoms with Crippen LogP contribution in [-0.2, 0) is 14.4 Å². The third kappa shape index (κ3) is 5.22. The van der Waals surface area contributed by atoms with Crippen LogP contribution in [0.15, 0.2) is 88.1 Å². The number of hydrogen-bond acceptors (Lipinski definition) is 7. The monoisotopic (exact) mass is 631 g/mol. The van der Waals surface area contributed by atoms with Gasteiger partial charge in [0.05, 0.1) is 0 Å². The van der Waals surface area contributed by atoms with Gasteiger partial charge < -0.3 is 25.1 Å². The lowest BCUT2D eigenvalue weighted by molar-refractivity contribution is -0.161. The molecule has 0 radical (unpaired) electrons. The lowest BCUT2D eigenvalue weighted by Gasteiger charge is -2.44. The van der Waals surface area contributed by atoms with Crippen molar-refractivity contribution in [3.05, 3.63) is 105 Å². The maximum Gasteiger partial charge on any atom is 0.349 e. The van der Waals surface area contributed by atoms with Crippen molar-refractivity contribution in [2.75, 3.05) is 0 Å². The summed E-state index contributed by atoms with van der Waals surface area (Å²) in [7, 11) is 0. The Morgan fingerprint density at radius 2 is 1.66 bits per heavy atom. The van der Waals surface area contributed by atoms with Gasteiger partial charge in [-0.05, 0) is 60.9 Å². The zero-order valence-electron chi connectivity index (χ0n) is 23.4. The van der Waals surface area contributed by atoms with E-state index in [2.05, 4.69) is 10.6 Å². The number of hydrogen-bond donors (Lipinski definition) is 3. The Morgan fingerprint density at radius 1 is 0.977 bits per heavy atom. The quantitative estimate of drug-likeness (QED) is 0.203. The van der Waals surface area contributed by atoms with Gasteiger partial charge in [-0.3, -0.25) is 14.4 Å². The van der Waals surface area contributed by atoms with Gasteiger partial charge in [0.25, 0.3) is 5.91 Å². The first kappa shape index (κ1) is 29.5. The molecule has 4 atom stereocenters. The van der Waals surface area contributed by atoms with Crippen molar-refractivity contribution in [3.8, 4) is 11.1 Å². The molecule has 2 aliphatic rings. The molecule has 0 bridgehead atoms. The summed E-state index contributed by atoms with van der Waals surface area (Å²) in [4.78, 5) is 66.1. The first-order valence-electron chi connectivity index (χ1n) is 13.7. The van der Waals surface area contributed by atoms with Gasteiger partial charge in [0.2, 0.25) is 11.8 Å². The Kier molecular flexibility index (Phi) is 7.46. The molecule has 2 saturated heterocycles. The molecule has 3 aromatic carbocycles. The molecule has 224 valence electrons. The normalized spacial score (nSPS) is 20.8. The molecule has 44 heavy (non-hydrogen) atoms. The average Bonchev–Trinajstić information content (AvgIpc) is 3.26. The number of carbonyl (C=O) groups is 4. The number of carboxylic acids is 1. The summed E-state index contributed by atoms with van der Waals surface area (Å²) in [6, 6.07) is 18.9. The number of halogens is 1. The van der Waals surface area contributed by atoms with Gasteiger partial charge in [0, 0.05) is 15.2 Å². The number of thioether (sulfide) groups is 1. The maximum atomic E-state index is 13.6. The second-order valence-electron chi connectivity index (χ2n) is 11.1. The average molecular weight is 632 g/mol. The van der Waals surface area contributed by atoms with Crippen LogP contribution in [0.3, 0.4) is 0 Å². The first-order chi connectivity index (χ1) is 20.9. The molecular formula is C32H26ClN3O7S. The number of benzene rings is 3. The highest BCUT2D eigenvalue weighted by Gasteiger charge is 2.64. The Bertz CT molecular complexity index is 1880. The molecule has 3 heterocycles. The highest BCUT2D eigenvalue weighted by Crippen LogP contribution is 2.50. The third-order valence-corrected chi connectivity index (χ3v) is 9.62. The van der Waals surface area contributed by atoms with Gasteiger partial charge in [0.1, 0.15) is 34.6 Å². The van der Waals surface area contributed by atoms with Gasteiger partial charge in [0.15, 0.2) is 0 Å². The standard InChI is InChI=1S/C32H26ClN3O7S/c1-32(2)25(30(40)41)36-28(39)24(29(36)44-32)35-27(38)23(17-6-4-3-5-7-17)34-26(37)21-15-19-14-18(10-13-22(19)43-31(21)42)16-8-11-20(33)12-9-16/h3-15,23-25,29H,1-2H3,(H,34,37)(H,35,38)(H,40,41)/t23?,24-,25+,29-/m1/s1. The minimum Gasteiger partial charge on any atom is -0.480 e. The predicted molar refractivity (Wildman–Crippen MR) is 165 cm³/mol. The number of aliphatic carboxylic acids is 1. The molecule has 6 rings (SSSR count). The number of nitrogens with zero attached hydrogens (tertiary/aromatic N) is 1. The van der Waals surface area contributed by atoms with Crippen molar-refractivity contribution in [1.82, 2.24) is 15.5 Å². The van der Waals surface area contributed by atoms with Crippen molar-refractivity contribution in [3.63, 3.8) is 0 Å². The molecule has 1 aromatic heterocycles. The van der Waals surface area contributed by atoms with Crippen molar-refractivity contribution in [2.24, 2.45) is 0 Å². The maximum absolute atomic E-state index is 13.6. The summed E-state index contributed by atoms with van der Waals surface area (Å²) in [6.45, 7) is 3.48. The third-order valence-electron chi connectivity index (χ3n) is 7.80. The second kappa shape index (κ2) is 11.1. The van der Waals surface area contributed by atoms with Crippen molar-refractivity contribution in [2.45, 2.75) is 42.1 Å². The van der Waals surface area contributed by atoms with E-state index in [0.717, 1.165) is 11.1 Å². The summed E-state index contributed by atoms with van der Waals surface area (Å²) < 4.78 is 4.67. The van der Waals surface area contributed by atoms with Gasteiger partial charge >= 0.3 is 11.6 Å². The summed E-state index contributed by atoms with van der Waals surface area (Å²) in [6.07, 6.45) is 0. The molecule has 2 aliphatic heterocycles. The van der Waals surface area contributed by atoms with E-state index in [-0.39, 0.29) is 11.1 Å². The predicted octanol–water partition coefficient (Wildman–Crippen LogP) is 4.22. The Morgan fingerprint density at radius 3 is 2.34 bits per heavy atom. The molecule has 4 aromatic rings. The number of β-lactam (4-membered cyclic amide) rings is 1. The van der Waals surface area contributed by atoms with Gasteiger partial charge in [-0.2, -0.15) is 0 Å². The van der Waals surface area contributed by atoms with Crippen LogP contribution in [0.2, 0.25) is 5.02 Å². The van der Waals surface area contributed by atoms with E-state index < -0.39 is 57.6 Å². The van der Waals surface area contributed by atoms with Gasteiger partial charge in [-0.15, -0.1) is 11.8 Å². The van der Waals surface area contributed by atoms with Crippen LogP contribution < -0.4 is 16.3 Å². The zero-order chi connectivity index (χ0) is 31.3. The SMILES string of the molecule is CC1(C)S[C@@H]2[C@H](NC(=O)C(NC(=O)c3cc4cc(-c5ccc(Cl)cc5)ccc4oc3=O)c3ccccc3)C(=O)N2[C@H]1C(=O)O. The van der Waals surface area contributed by atoms with Crippen LogP contribution in [0.4, 0.5) is 0 Å². The Balaban J connectivity index is 1.26. The highest BCUT2D eigenvalue weighted by molar-refractivity contribution is 8.01. The molecule has 0 saturated carbocycles. The lowest BCUT2D eigenvalue weighted by Crippen LogP contribution is -2.71. The molecule has 12 heteroatoms. The molecule has 3 amide bonds. The van der Waals surface area contributed by atoms with Crippen LogP contribution in [0.5, 0.6) is 0 Å². The molecule has 2 fully saturated rings. The van der Waals surface area contributed by atoms with E-state index in [4.69, 9.17) is 16.0 Å². The molecule has 0 aliphatic carbocycles. The fourth-order valence-electron chi connectivity index (χ4n) is 5.64. The minimum absolute atomic E-state index is 0.284. The summed E-state index contributed by atoms with van der Waals surface area (Å²) >= 11 is 7.30. The van der Waals surface area contributed by atoms with Crippen molar-refractivity contribution < 1.29 is 28.7 Å². The molecule has 3 N–H and O–H groups in total. The van der Waals surface area contributed by atoms with E-state index in [1.807, 2.05) is 12.1 Å². The fourth-order valence-corrected chi connectivity index (χ4v) is 7.39. The summed E-state index contributed by atoms with van der Waals surface area (Å²) in [5.74, 6) is -3.16. The van der Waals surface area contributed by atoms with E-state index in [1.54, 1.807) is 74.5 Å². The number of fused-ring (bicyclic) bond motifs is 2. The van der Waals surface area contributed by atoms with E-state index in [0.29, 0.717) is 16.0 Å². The number of amides is 3. The molecular weight excluding hydrogens is 606 g/mol. The van der Waals surface area contributed by atoms with Gasteiger partial charge in [-0.25, -0.2) is 9.59 Å². The minimum atomic E-state index is -1.27. The number of nitrogens with one attached hydrogen (secondary N) is 2. The Hall–Kier alpha value is -4.61. The molecule has 0 spiro atoms. The Labute approximate surface area is 260 Å². The molecule has 1 unspecified atom stereocenters. The van der Waals surface area contributed by atoms with Crippen molar-refractivity contribution >= 4 is 58.0 Å². The largest absolute Gasteiger partial charge is 0.480 e. The van der Waals surface area contributed by atoms with E-state index in [9.17, 15) is 29.1 Å². The lowest BCUT2D eigenvalue weighted by atomic mass is 9.95. The van der Waals surface area contributed by atoms with Crippen LogP contribution in [0, 0.1) is 0 Å². The van der Waals surface area contributed by atoms with Crippen LogP contribution in [-0.4, -0.2) is 55.9 Å². The fraction of sp³-hybridized carbons (Fsp3) is 0.219. The van der Waals surface area contributed by atoms with Crippen LogP contribution in [0.25, 0.3) is 22.1 Å². The molecule has 10 nitrogen and oxygen atoms in total. The zero-order valence-corrected chi connectivity index (χ0v) is 25.0.